The van der Waals surface area contributed by atoms with Crippen molar-refractivity contribution in [3.8, 4) is 0 Å². The fourth-order valence-electron chi connectivity index (χ4n) is 2.82. The van der Waals surface area contributed by atoms with Gasteiger partial charge in [0.15, 0.2) is 0 Å². The second kappa shape index (κ2) is 9.49. The largest absolute Gasteiger partial charge is 0.376 e. The van der Waals surface area contributed by atoms with Crippen molar-refractivity contribution in [2.45, 2.75) is 30.6 Å². The third-order valence-electron chi connectivity index (χ3n) is 4.11. The summed E-state index contributed by atoms with van der Waals surface area (Å²) in [5.74, 6) is 0.767. The lowest BCUT2D eigenvalue weighted by Crippen LogP contribution is -2.33. The Hall–Kier alpha value is -1.98. The van der Waals surface area contributed by atoms with Crippen molar-refractivity contribution in [3.63, 3.8) is 0 Å². The van der Waals surface area contributed by atoms with E-state index in [4.69, 9.17) is 15.0 Å². The van der Waals surface area contributed by atoms with Gasteiger partial charge in [-0.2, -0.15) is 11.8 Å². The van der Waals surface area contributed by atoms with Crippen LogP contribution in [0.2, 0.25) is 0 Å². The topological polar surface area (TPSA) is 67.2 Å². The molecule has 2 aromatic carbocycles. The average molecular weight is 355 g/mol. The van der Waals surface area contributed by atoms with Gasteiger partial charge in [-0.3, -0.25) is 0 Å². The highest BCUT2D eigenvalue weighted by Crippen LogP contribution is 2.32. The number of rotatable bonds is 8. The van der Waals surface area contributed by atoms with Gasteiger partial charge in [-0.05, 0) is 16.7 Å². The van der Waals surface area contributed by atoms with Crippen molar-refractivity contribution >= 4 is 11.8 Å². The van der Waals surface area contributed by atoms with Crippen LogP contribution < -0.4 is 0 Å². The standard InChI is InChI=1S/C19H21N3O2S/c20-22-21-17-14-25-18(13-23-11-15-7-3-1-4-8-15)19(17)24-12-16-9-5-2-6-10-16/h1-10,17-19H,11-14H2/t17-,18-,19+/m1/s1. The second-order valence-electron chi connectivity index (χ2n) is 5.91. The van der Waals surface area contributed by atoms with E-state index in [-0.39, 0.29) is 17.4 Å². The zero-order valence-corrected chi connectivity index (χ0v) is 14.7. The molecule has 0 N–H and O–H groups in total. The summed E-state index contributed by atoms with van der Waals surface area (Å²) in [4.78, 5) is 2.98. The Labute approximate surface area is 152 Å². The van der Waals surface area contributed by atoms with Crippen LogP contribution in [0.3, 0.4) is 0 Å². The normalized spacial score (nSPS) is 22.5. The fourth-order valence-corrected chi connectivity index (χ4v) is 4.16. The SMILES string of the molecule is [N-]=[N+]=N[C@@H]1CS[C@H](COCc2ccccc2)[C@H]1OCc1ccccc1. The molecule has 0 aromatic heterocycles. The van der Waals surface area contributed by atoms with Crippen molar-refractivity contribution in [2.24, 2.45) is 5.11 Å². The lowest BCUT2D eigenvalue weighted by Gasteiger charge is -2.22. The summed E-state index contributed by atoms with van der Waals surface area (Å²) < 4.78 is 12.0. The maximum Gasteiger partial charge on any atom is 0.0813 e. The van der Waals surface area contributed by atoms with Gasteiger partial charge in [0.25, 0.3) is 0 Å². The van der Waals surface area contributed by atoms with Gasteiger partial charge in [-0.15, -0.1) is 0 Å². The smallest absolute Gasteiger partial charge is 0.0813 e. The van der Waals surface area contributed by atoms with Gasteiger partial charge in [0.05, 0.1) is 37.2 Å². The summed E-state index contributed by atoms with van der Waals surface area (Å²) in [7, 11) is 0. The first kappa shape index (κ1) is 17.8. The number of thioether (sulfide) groups is 1. The van der Waals surface area contributed by atoms with Gasteiger partial charge >= 0.3 is 0 Å². The summed E-state index contributed by atoms with van der Waals surface area (Å²) in [5, 5.41) is 4.08. The van der Waals surface area contributed by atoms with Crippen LogP contribution in [0.5, 0.6) is 0 Å². The van der Waals surface area contributed by atoms with E-state index in [0.717, 1.165) is 16.9 Å². The molecule has 1 heterocycles. The predicted octanol–water partition coefficient (Wildman–Crippen LogP) is 4.58. The fraction of sp³-hybridized carbons (Fsp3) is 0.368. The third kappa shape index (κ3) is 5.25. The number of ether oxygens (including phenoxy) is 2. The zero-order chi connectivity index (χ0) is 17.3. The molecule has 1 saturated heterocycles. The van der Waals surface area contributed by atoms with Gasteiger partial charge in [0, 0.05) is 10.7 Å². The van der Waals surface area contributed by atoms with Gasteiger partial charge in [0.1, 0.15) is 0 Å². The second-order valence-corrected chi connectivity index (χ2v) is 7.18. The zero-order valence-electron chi connectivity index (χ0n) is 13.9. The molecule has 25 heavy (non-hydrogen) atoms. The van der Waals surface area contributed by atoms with Crippen molar-refractivity contribution in [1.29, 1.82) is 0 Å². The molecule has 0 unspecified atom stereocenters. The quantitative estimate of drug-likeness (QED) is 0.395. The van der Waals surface area contributed by atoms with E-state index >= 15 is 0 Å². The van der Waals surface area contributed by atoms with E-state index in [1.807, 2.05) is 60.7 Å². The minimum absolute atomic E-state index is 0.128. The molecule has 130 valence electrons. The maximum atomic E-state index is 8.80. The highest BCUT2D eigenvalue weighted by molar-refractivity contribution is 8.00. The monoisotopic (exact) mass is 355 g/mol. The van der Waals surface area contributed by atoms with E-state index in [1.54, 1.807) is 11.8 Å². The molecular formula is C19H21N3O2S. The van der Waals surface area contributed by atoms with Crippen LogP contribution >= 0.6 is 11.8 Å². The molecule has 0 saturated carbocycles. The van der Waals surface area contributed by atoms with E-state index < -0.39 is 0 Å². The van der Waals surface area contributed by atoms with Crippen molar-refractivity contribution < 1.29 is 9.47 Å². The Morgan fingerprint density at radius 2 is 1.64 bits per heavy atom. The van der Waals surface area contributed by atoms with Crippen molar-refractivity contribution in [2.75, 3.05) is 12.4 Å². The first-order chi connectivity index (χ1) is 12.4. The molecule has 0 amide bonds. The van der Waals surface area contributed by atoms with E-state index in [0.29, 0.717) is 19.8 Å². The van der Waals surface area contributed by atoms with Crippen LogP contribution in [0, 0.1) is 0 Å². The molecule has 0 bridgehead atoms. The first-order valence-corrected chi connectivity index (χ1v) is 9.34. The van der Waals surface area contributed by atoms with E-state index in [2.05, 4.69) is 10.0 Å². The summed E-state index contributed by atoms with van der Waals surface area (Å²) >= 11 is 1.75. The lowest BCUT2D eigenvalue weighted by atomic mass is 10.1. The molecule has 0 aliphatic carbocycles. The predicted molar refractivity (Wildman–Crippen MR) is 100 cm³/mol. The van der Waals surface area contributed by atoms with Gasteiger partial charge in [0.2, 0.25) is 0 Å². The Balaban J connectivity index is 1.55. The Bertz CT molecular complexity index is 692. The molecule has 3 atom stereocenters. The molecule has 1 aliphatic heterocycles. The van der Waals surface area contributed by atoms with Gasteiger partial charge in [-0.1, -0.05) is 65.8 Å². The average Bonchev–Trinajstić information content (AvgIpc) is 3.04. The van der Waals surface area contributed by atoms with Crippen molar-refractivity contribution in [1.82, 2.24) is 0 Å². The van der Waals surface area contributed by atoms with Gasteiger partial charge < -0.3 is 9.47 Å². The van der Waals surface area contributed by atoms with E-state index in [1.165, 1.54) is 0 Å². The van der Waals surface area contributed by atoms with Crippen LogP contribution in [0.15, 0.2) is 65.8 Å². The van der Waals surface area contributed by atoms with Crippen molar-refractivity contribution in [3.05, 3.63) is 82.2 Å². The van der Waals surface area contributed by atoms with Crippen LogP contribution in [0.4, 0.5) is 0 Å². The third-order valence-corrected chi connectivity index (χ3v) is 5.47. The van der Waals surface area contributed by atoms with Gasteiger partial charge in [-0.25, -0.2) is 0 Å². The molecule has 1 aliphatic rings. The molecule has 0 spiro atoms. The Kier molecular flexibility index (Phi) is 6.77. The minimum Gasteiger partial charge on any atom is -0.376 e. The van der Waals surface area contributed by atoms with E-state index in [9.17, 15) is 0 Å². The highest BCUT2D eigenvalue weighted by Gasteiger charge is 2.37. The molecule has 1 fully saturated rings. The first-order valence-electron chi connectivity index (χ1n) is 8.30. The minimum atomic E-state index is -0.149. The number of azide groups is 1. The molecule has 2 aromatic rings. The summed E-state index contributed by atoms with van der Waals surface area (Å²) in [6, 6.07) is 20.0. The number of hydrogen-bond donors (Lipinski definition) is 0. The number of hydrogen-bond acceptors (Lipinski definition) is 4. The van der Waals surface area contributed by atoms with Crippen LogP contribution in [-0.4, -0.2) is 29.8 Å². The molecule has 5 nitrogen and oxygen atoms in total. The number of benzene rings is 2. The maximum absolute atomic E-state index is 8.80. The highest BCUT2D eigenvalue weighted by atomic mass is 32.2. The van der Waals surface area contributed by atoms with Crippen LogP contribution in [-0.2, 0) is 22.7 Å². The molecule has 0 radical (unpaired) electrons. The molecule has 6 heteroatoms. The number of nitrogens with zero attached hydrogens (tertiary/aromatic N) is 3. The Morgan fingerprint density at radius 3 is 2.28 bits per heavy atom. The summed E-state index contributed by atoms with van der Waals surface area (Å²) in [6.45, 7) is 1.67. The summed E-state index contributed by atoms with van der Waals surface area (Å²) in [5.41, 5.74) is 11.1. The lowest BCUT2D eigenvalue weighted by molar-refractivity contribution is 0.00926. The summed E-state index contributed by atoms with van der Waals surface area (Å²) in [6.07, 6.45) is -0.128. The van der Waals surface area contributed by atoms with Crippen LogP contribution in [0.1, 0.15) is 11.1 Å². The van der Waals surface area contributed by atoms with Crippen LogP contribution in [0.25, 0.3) is 10.4 Å². The molecular weight excluding hydrogens is 334 g/mol. The molecule has 3 rings (SSSR count). The Morgan fingerprint density at radius 1 is 1.00 bits per heavy atom.